The third-order valence-corrected chi connectivity index (χ3v) is 5.56. The van der Waals surface area contributed by atoms with E-state index < -0.39 is 0 Å². The van der Waals surface area contributed by atoms with E-state index in [1.165, 1.54) is 64.5 Å². The third-order valence-electron chi connectivity index (χ3n) is 5.56. The Balaban J connectivity index is 1.47. The van der Waals surface area contributed by atoms with Gasteiger partial charge in [-0.05, 0) is 38.6 Å². The van der Waals surface area contributed by atoms with Crippen LogP contribution in [0.15, 0.2) is 12.4 Å². The van der Waals surface area contributed by atoms with Crippen molar-refractivity contribution in [2.24, 2.45) is 0 Å². The van der Waals surface area contributed by atoms with Gasteiger partial charge in [0.1, 0.15) is 0 Å². The lowest BCUT2D eigenvalue weighted by molar-refractivity contribution is 0.316. The summed E-state index contributed by atoms with van der Waals surface area (Å²) in [5.41, 5.74) is 0. The highest BCUT2D eigenvalue weighted by atomic mass is 15.3. The van der Waals surface area contributed by atoms with Crippen molar-refractivity contribution in [3.63, 3.8) is 0 Å². The summed E-state index contributed by atoms with van der Waals surface area (Å²) in [7, 11) is 0. The summed E-state index contributed by atoms with van der Waals surface area (Å²) in [4.78, 5) is 7.26. The van der Waals surface area contributed by atoms with Crippen molar-refractivity contribution in [3.8, 4) is 0 Å². The van der Waals surface area contributed by atoms with Crippen molar-refractivity contribution in [2.75, 3.05) is 18.4 Å². The molecule has 1 saturated carbocycles. The summed E-state index contributed by atoms with van der Waals surface area (Å²) in [6.45, 7) is 2.58. The van der Waals surface area contributed by atoms with Crippen LogP contribution in [0.3, 0.4) is 0 Å². The summed E-state index contributed by atoms with van der Waals surface area (Å²) < 4.78 is 2.41. The molecule has 0 amide bonds. The number of aromatic nitrogens is 2. The van der Waals surface area contributed by atoms with Gasteiger partial charge in [-0.15, -0.1) is 0 Å². The van der Waals surface area contributed by atoms with Gasteiger partial charge in [-0.1, -0.05) is 19.3 Å². The van der Waals surface area contributed by atoms with Crippen LogP contribution in [0.1, 0.15) is 57.4 Å². The molecule has 4 nitrogen and oxygen atoms in total. The molecule has 0 bridgehead atoms. The third kappa shape index (κ3) is 2.24. The predicted molar refractivity (Wildman–Crippen MR) is 81.0 cm³/mol. The smallest absolute Gasteiger partial charge is 0.203 e. The number of hydrogen-bond acceptors (Lipinski definition) is 3. The van der Waals surface area contributed by atoms with Crippen LogP contribution < -0.4 is 5.32 Å². The molecule has 1 aliphatic carbocycles. The second kappa shape index (κ2) is 5.40. The molecule has 4 rings (SSSR count). The van der Waals surface area contributed by atoms with E-state index >= 15 is 0 Å². The van der Waals surface area contributed by atoms with Crippen LogP contribution in [0.2, 0.25) is 0 Å². The molecule has 1 aromatic rings. The molecule has 2 unspecified atom stereocenters. The Kier molecular flexibility index (Phi) is 3.42. The molecule has 110 valence electrons. The van der Waals surface area contributed by atoms with E-state index in [-0.39, 0.29) is 0 Å². The van der Waals surface area contributed by atoms with E-state index in [9.17, 15) is 0 Å². The maximum atomic E-state index is 4.60. The van der Waals surface area contributed by atoms with E-state index in [0.717, 1.165) is 12.0 Å². The molecule has 1 aromatic heterocycles. The van der Waals surface area contributed by atoms with Gasteiger partial charge in [0, 0.05) is 37.1 Å². The zero-order valence-electron chi connectivity index (χ0n) is 12.3. The number of hydrogen-bond donors (Lipinski definition) is 1. The molecule has 2 atom stereocenters. The summed E-state index contributed by atoms with van der Waals surface area (Å²) >= 11 is 0. The summed E-state index contributed by atoms with van der Waals surface area (Å²) in [5, 5.41) is 3.77. The van der Waals surface area contributed by atoms with Crippen LogP contribution in [0.25, 0.3) is 0 Å². The fourth-order valence-electron chi connectivity index (χ4n) is 4.50. The molecule has 0 aromatic carbocycles. The highest BCUT2D eigenvalue weighted by Gasteiger charge is 2.37. The highest BCUT2D eigenvalue weighted by Crippen LogP contribution is 2.33. The first-order valence-electron chi connectivity index (χ1n) is 8.45. The van der Waals surface area contributed by atoms with E-state index in [1.807, 2.05) is 6.20 Å². The molecule has 4 heteroatoms. The predicted octanol–water partition coefficient (Wildman–Crippen LogP) is 3.04. The first kappa shape index (κ1) is 12.7. The van der Waals surface area contributed by atoms with Crippen molar-refractivity contribution in [3.05, 3.63) is 12.4 Å². The van der Waals surface area contributed by atoms with Crippen LogP contribution in [-0.2, 0) is 0 Å². The van der Waals surface area contributed by atoms with Gasteiger partial charge < -0.3 is 9.88 Å². The number of anilines is 1. The maximum absolute atomic E-state index is 4.60. The lowest BCUT2D eigenvalue weighted by Gasteiger charge is -2.27. The standard InChI is InChI=1S/C16H26N4/c1-2-5-13(6-3-1)20-12-9-17-16(20)18-14-8-11-19-10-4-7-15(14)19/h9,12-15H,1-8,10-11H2,(H,17,18). The molecule has 2 saturated heterocycles. The summed E-state index contributed by atoms with van der Waals surface area (Å²) in [6.07, 6.45) is 15.0. The minimum Gasteiger partial charge on any atom is -0.351 e. The number of nitrogens with one attached hydrogen (secondary N) is 1. The van der Waals surface area contributed by atoms with E-state index in [2.05, 4.69) is 26.0 Å². The summed E-state index contributed by atoms with van der Waals surface area (Å²) in [6, 6.07) is 2.04. The van der Waals surface area contributed by atoms with Gasteiger partial charge >= 0.3 is 0 Å². The number of imidazole rings is 1. The zero-order valence-corrected chi connectivity index (χ0v) is 12.3. The fraction of sp³-hybridized carbons (Fsp3) is 0.812. The van der Waals surface area contributed by atoms with Gasteiger partial charge in [-0.3, -0.25) is 4.90 Å². The molecular formula is C16H26N4. The van der Waals surface area contributed by atoms with E-state index in [1.54, 1.807) is 0 Å². The Morgan fingerprint density at radius 3 is 2.80 bits per heavy atom. The van der Waals surface area contributed by atoms with E-state index in [0.29, 0.717) is 12.1 Å². The zero-order chi connectivity index (χ0) is 13.4. The fourth-order valence-corrected chi connectivity index (χ4v) is 4.50. The molecule has 0 spiro atoms. The molecule has 3 fully saturated rings. The highest BCUT2D eigenvalue weighted by molar-refractivity contribution is 5.30. The second-order valence-corrected chi connectivity index (χ2v) is 6.74. The topological polar surface area (TPSA) is 33.1 Å². The lowest BCUT2D eigenvalue weighted by atomic mass is 9.95. The number of nitrogens with zero attached hydrogens (tertiary/aromatic N) is 3. The minimum absolute atomic E-state index is 0.613. The number of fused-ring (bicyclic) bond motifs is 1. The summed E-state index contributed by atoms with van der Waals surface area (Å²) in [5.74, 6) is 1.12. The monoisotopic (exact) mass is 274 g/mol. The van der Waals surface area contributed by atoms with Crippen molar-refractivity contribution in [1.29, 1.82) is 0 Å². The van der Waals surface area contributed by atoms with Crippen LogP contribution >= 0.6 is 0 Å². The molecule has 0 radical (unpaired) electrons. The SMILES string of the molecule is c1cn(C2CCCCC2)c(NC2CCN3CCCC23)n1. The average Bonchev–Trinajstić information content (AvgIpc) is 3.18. The average molecular weight is 274 g/mol. The maximum Gasteiger partial charge on any atom is 0.203 e. The largest absolute Gasteiger partial charge is 0.351 e. The Bertz CT molecular complexity index is 449. The van der Waals surface area contributed by atoms with Crippen molar-refractivity contribution in [1.82, 2.24) is 14.5 Å². The quantitative estimate of drug-likeness (QED) is 0.919. The Morgan fingerprint density at radius 1 is 1.00 bits per heavy atom. The van der Waals surface area contributed by atoms with Gasteiger partial charge in [0.2, 0.25) is 5.95 Å². The molecule has 20 heavy (non-hydrogen) atoms. The van der Waals surface area contributed by atoms with Crippen LogP contribution in [0.5, 0.6) is 0 Å². The van der Waals surface area contributed by atoms with Crippen molar-refractivity contribution >= 4 is 5.95 Å². The van der Waals surface area contributed by atoms with Gasteiger partial charge in [-0.25, -0.2) is 4.98 Å². The van der Waals surface area contributed by atoms with Gasteiger partial charge in [0.05, 0.1) is 0 Å². The first-order valence-corrected chi connectivity index (χ1v) is 8.45. The van der Waals surface area contributed by atoms with Crippen molar-refractivity contribution in [2.45, 2.75) is 69.5 Å². The van der Waals surface area contributed by atoms with Crippen LogP contribution in [-0.4, -0.2) is 39.6 Å². The molecule has 3 heterocycles. The Hall–Kier alpha value is -1.03. The van der Waals surface area contributed by atoms with Crippen molar-refractivity contribution < 1.29 is 0 Å². The number of rotatable bonds is 3. The Labute approximate surface area is 121 Å². The molecule has 1 N–H and O–H groups in total. The molecular weight excluding hydrogens is 248 g/mol. The van der Waals surface area contributed by atoms with Gasteiger partial charge in [-0.2, -0.15) is 0 Å². The van der Waals surface area contributed by atoms with Gasteiger partial charge in [0.15, 0.2) is 0 Å². The minimum atomic E-state index is 0.613. The second-order valence-electron chi connectivity index (χ2n) is 6.74. The normalized spacial score (nSPS) is 31.6. The molecule has 3 aliphatic rings. The van der Waals surface area contributed by atoms with Crippen LogP contribution in [0.4, 0.5) is 5.95 Å². The lowest BCUT2D eigenvalue weighted by Crippen LogP contribution is -2.34. The Morgan fingerprint density at radius 2 is 1.90 bits per heavy atom. The van der Waals surface area contributed by atoms with Crippen LogP contribution in [0, 0.1) is 0 Å². The van der Waals surface area contributed by atoms with Gasteiger partial charge in [0.25, 0.3) is 0 Å². The first-order chi connectivity index (χ1) is 9.92. The molecule has 2 aliphatic heterocycles. The van der Waals surface area contributed by atoms with E-state index in [4.69, 9.17) is 0 Å².